The quantitative estimate of drug-likeness (QED) is 0.292. The van der Waals surface area contributed by atoms with Gasteiger partial charge in [-0.2, -0.15) is 0 Å². The van der Waals surface area contributed by atoms with Crippen molar-refractivity contribution in [1.29, 1.82) is 0 Å². The number of aliphatic hydroxyl groups is 1. The third-order valence-corrected chi connectivity index (χ3v) is 9.32. The van der Waals surface area contributed by atoms with Crippen molar-refractivity contribution in [1.82, 2.24) is 14.5 Å². The third-order valence-electron chi connectivity index (χ3n) is 9.07. The van der Waals surface area contributed by atoms with Crippen LogP contribution in [0.1, 0.15) is 42.5 Å². The highest BCUT2D eigenvalue weighted by Gasteiger charge is 2.45. The summed E-state index contributed by atoms with van der Waals surface area (Å²) in [4.78, 5) is 48.0. The van der Waals surface area contributed by atoms with Gasteiger partial charge in [0.05, 0.1) is 29.0 Å². The number of aryl methyl sites for hydroxylation is 1. The van der Waals surface area contributed by atoms with Gasteiger partial charge in [0.1, 0.15) is 12.4 Å². The van der Waals surface area contributed by atoms with Crippen LogP contribution < -0.4 is 15.2 Å². The predicted octanol–water partition coefficient (Wildman–Crippen LogP) is 4.62. The van der Waals surface area contributed by atoms with Crippen LogP contribution in [0.4, 0.5) is 10.5 Å². The average molecular weight is 615 g/mol. The number of esters is 1. The smallest absolute Gasteiger partial charge is 0.415 e. The minimum atomic E-state index is -1.88. The van der Waals surface area contributed by atoms with Crippen LogP contribution in [0.15, 0.2) is 53.3 Å². The number of amides is 1. The van der Waals surface area contributed by atoms with Crippen LogP contribution in [0.2, 0.25) is 5.02 Å². The van der Waals surface area contributed by atoms with Gasteiger partial charge in [-0.05, 0) is 66.9 Å². The summed E-state index contributed by atoms with van der Waals surface area (Å²) in [6.45, 7) is 6.29. The van der Waals surface area contributed by atoms with Crippen molar-refractivity contribution >= 4 is 40.3 Å². The Balaban J connectivity index is 1.16. The van der Waals surface area contributed by atoms with E-state index in [0.29, 0.717) is 66.8 Å². The largest absolute Gasteiger partial charge is 0.458 e. The molecule has 1 amide bonds. The number of anilines is 1. The molecule has 1 N–H and O–H groups in total. The molecule has 44 heavy (non-hydrogen) atoms. The summed E-state index contributed by atoms with van der Waals surface area (Å²) in [5.41, 5.74) is 3.27. The molecule has 5 heterocycles. The molecule has 1 atom stereocenters. The summed E-state index contributed by atoms with van der Waals surface area (Å²) in [7, 11) is 0. The first-order chi connectivity index (χ1) is 21.2. The molecule has 2 aromatic heterocycles. The highest BCUT2D eigenvalue weighted by molar-refractivity contribution is 6.30. The number of fused-ring (bicyclic) bond motifs is 5. The van der Waals surface area contributed by atoms with E-state index in [9.17, 15) is 19.5 Å². The topological polar surface area (TPSA) is 114 Å². The summed E-state index contributed by atoms with van der Waals surface area (Å²) >= 11 is 6.02. The van der Waals surface area contributed by atoms with Crippen molar-refractivity contribution in [3.8, 4) is 17.1 Å². The summed E-state index contributed by atoms with van der Waals surface area (Å²) in [6.07, 6.45) is 0.338. The number of rotatable bonds is 4. The fourth-order valence-electron chi connectivity index (χ4n) is 6.57. The molecule has 0 aliphatic carbocycles. The number of aromatic nitrogens is 2. The standard InChI is InChI=1S/C33H31ClN4O6/c1-3-22-23-15-21(44-32(41)37-13-11-36(12-14-37)20-7-5-19(34)6-8-20)9-10-27(23)35-29-24(22)17-38-28(29)16-26-25(30(38)39)18-43-31(40)33(26,42)4-2/h5-10,15-16,42H,3-4,11-14,17-18H2,1-2H3/t33-/m0/s1. The van der Waals surface area contributed by atoms with Gasteiger partial charge in [-0.3, -0.25) is 4.79 Å². The molecule has 10 nitrogen and oxygen atoms in total. The van der Waals surface area contributed by atoms with E-state index in [-0.39, 0.29) is 29.7 Å². The van der Waals surface area contributed by atoms with Crippen molar-refractivity contribution in [2.24, 2.45) is 0 Å². The molecule has 11 heteroatoms. The Kier molecular flexibility index (Phi) is 6.86. The van der Waals surface area contributed by atoms with Crippen LogP contribution in [0.3, 0.4) is 0 Å². The maximum Gasteiger partial charge on any atom is 0.415 e. The molecule has 0 unspecified atom stereocenters. The van der Waals surface area contributed by atoms with E-state index < -0.39 is 17.7 Å². The number of nitrogens with zero attached hydrogens (tertiary/aromatic N) is 4. The highest BCUT2D eigenvalue weighted by atomic mass is 35.5. The lowest BCUT2D eigenvalue weighted by Crippen LogP contribution is -2.49. The third kappa shape index (κ3) is 4.43. The number of pyridine rings is 2. The lowest BCUT2D eigenvalue weighted by Gasteiger charge is -2.35. The molecule has 0 spiro atoms. The van der Waals surface area contributed by atoms with Gasteiger partial charge >= 0.3 is 12.1 Å². The maximum atomic E-state index is 13.6. The van der Waals surface area contributed by atoms with E-state index in [1.807, 2.05) is 43.3 Å². The molecule has 0 radical (unpaired) electrons. The molecular formula is C33H31ClN4O6. The van der Waals surface area contributed by atoms with E-state index >= 15 is 0 Å². The minimum absolute atomic E-state index is 0.0828. The Morgan fingerprint density at radius 2 is 1.80 bits per heavy atom. The van der Waals surface area contributed by atoms with Crippen molar-refractivity contribution < 1.29 is 24.2 Å². The van der Waals surface area contributed by atoms with Crippen LogP contribution in [-0.4, -0.2) is 57.8 Å². The first-order valence-corrected chi connectivity index (χ1v) is 15.2. The van der Waals surface area contributed by atoms with Gasteiger partial charge < -0.3 is 28.9 Å². The van der Waals surface area contributed by atoms with Crippen molar-refractivity contribution in [2.45, 2.75) is 45.4 Å². The summed E-state index contributed by atoms with van der Waals surface area (Å²) in [6, 6.07) is 14.8. The van der Waals surface area contributed by atoms with E-state index in [4.69, 9.17) is 26.1 Å². The maximum absolute atomic E-state index is 13.6. The van der Waals surface area contributed by atoms with Crippen LogP contribution in [0.5, 0.6) is 5.75 Å². The molecule has 7 rings (SSSR count). The monoisotopic (exact) mass is 614 g/mol. The van der Waals surface area contributed by atoms with Gasteiger partial charge in [0.15, 0.2) is 5.60 Å². The number of ether oxygens (including phenoxy) is 2. The Labute approximate surface area is 258 Å². The number of piperazine rings is 1. The Morgan fingerprint density at radius 3 is 2.50 bits per heavy atom. The number of benzene rings is 2. The normalized spacial score (nSPS) is 19.0. The van der Waals surface area contributed by atoms with Crippen LogP contribution in [-0.2, 0) is 34.7 Å². The fourth-order valence-corrected chi connectivity index (χ4v) is 6.70. The zero-order chi connectivity index (χ0) is 30.7. The summed E-state index contributed by atoms with van der Waals surface area (Å²) in [5.74, 6) is -0.327. The molecule has 226 valence electrons. The number of carbonyl (C=O) groups excluding carboxylic acids is 2. The Morgan fingerprint density at radius 1 is 1.05 bits per heavy atom. The average Bonchev–Trinajstić information content (AvgIpc) is 3.41. The SMILES string of the molecule is CCc1c2c(nc3ccc(OC(=O)N4CCN(c5ccc(Cl)cc5)CC4)cc13)-c1cc3c(c(=O)n1C2)COC(=O)[C@]3(O)CC. The number of hydrogen-bond donors (Lipinski definition) is 1. The molecular weight excluding hydrogens is 584 g/mol. The van der Waals surface area contributed by atoms with Crippen molar-refractivity contribution in [3.05, 3.63) is 86.2 Å². The predicted molar refractivity (Wildman–Crippen MR) is 165 cm³/mol. The fraction of sp³-hybridized carbons (Fsp3) is 0.333. The molecule has 4 aromatic rings. The number of halogens is 1. The zero-order valence-corrected chi connectivity index (χ0v) is 25.2. The second-order valence-corrected chi connectivity index (χ2v) is 11.8. The van der Waals surface area contributed by atoms with E-state index in [1.54, 1.807) is 28.5 Å². The van der Waals surface area contributed by atoms with Crippen LogP contribution >= 0.6 is 11.6 Å². The molecule has 0 saturated carbocycles. The molecule has 1 fully saturated rings. The molecule has 3 aliphatic heterocycles. The van der Waals surface area contributed by atoms with Crippen LogP contribution in [0, 0.1) is 0 Å². The molecule has 3 aliphatic rings. The Bertz CT molecular complexity index is 1900. The van der Waals surface area contributed by atoms with Crippen molar-refractivity contribution in [3.63, 3.8) is 0 Å². The van der Waals surface area contributed by atoms with Gasteiger partial charge in [-0.15, -0.1) is 0 Å². The van der Waals surface area contributed by atoms with E-state index in [1.165, 1.54) is 0 Å². The second kappa shape index (κ2) is 10.6. The lowest BCUT2D eigenvalue weighted by molar-refractivity contribution is -0.172. The summed E-state index contributed by atoms with van der Waals surface area (Å²) < 4.78 is 12.6. The van der Waals surface area contributed by atoms with E-state index in [0.717, 1.165) is 22.2 Å². The van der Waals surface area contributed by atoms with Gasteiger partial charge in [0, 0.05) is 53.4 Å². The van der Waals surface area contributed by atoms with Gasteiger partial charge in [0.25, 0.3) is 5.56 Å². The zero-order valence-electron chi connectivity index (χ0n) is 24.4. The molecule has 0 bridgehead atoms. The summed E-state index contributed by atoms with van der Waals surface area (Å²) in [5, 5.41) is 12.7. The van der Waals surface area contributed by atoms with Gasteiger partial charge in [-0.25, -0.2) is 14.6 Å². The number of hydrogen-bond acceptors (Lipinski definition) is 8. The first kappa shape index (κ1) is 28.4. The van der Waals surface area contributed by atoms with Gasteiger partial charge in [-0.1, -0.05) is 25.4 Å². The first-order valence-electron chi connectivity index (χ1n) is 14.8. The van der Waals surface area contributed by atoms with Gasteiger partial charge in [0.2, 0.25) is 0 Å². The van der Waals surface area contributed by atoms with Crippen LogP contribution in [0.25, 0.3) is 22.3 Å². The number of cyclic esters (lactones) is 1. The highest BCUT2D eigenvalue weighted by Crippen LogP contribution is 2.40. The lowest BCUT2D eigenvalue weighted by atomic mass is 9.86. The minimum Gasteiger partial charge on any atom is -0.458 e. The van der Waals surface area contributed by atoms with E-state index in [2.05, 4.69) is 4.90 Å². The number of carbonyl (C=O) groups is 2. The molecule has 1 saturated heterocycles. The van der Waals surface area contributed by atoms with Crippen molar-refractivity contribution in [2.75, 3.05) is 31.1 Å². The second-order valence-electron chi connectivity index (χ2n) is 11.4. The Hall–Kier alpha value is -4.41. The molecule has 2 aromatic carbocycles.